The summed E-state index contributed by atoms with van der Waals surface area (Å²) in [6.45, 7) is 4.19. The fourth-order valence-corrected chi connectivity index (χ4v) is 2.98. The minimum Gasteiger partial charge on any atom is -0.497 e. The number of nitrogens with zero attached hydrogens (tertiary/aromatic N) is 1. The van der Waals surface area contributed by atoms with Gasteiger partial charge in [-0.05, 0) is 43.7 Å². The molecular formula is C21H24N2O5. The van der Waals surface area contributed by atoms with Gasteiger partial charge in [0.25, 0.3) is 11.8 Å². The first-order chi connectivity index (χ1) is 13.5. The predicted molar refractivity (Wildman–Crippen MR) is 106 cm³/mol. The van der Waals surface area contributed by atoms with Crippen molar-refractivity contribution in [2.45, 2.75) is 26.4 Å². The molecule has 2 aromatic rings. The number of hydrogen-bond acceptors (Lipinski definition) is 5. The number of hydrogen-bond donors (Lipinski definition) is 1. The van der Waals surface area contributed by atoms with Crippen LogP contribution in [0.15, 0.2) is 42.5 Å². The third-order valence-corrected chi connectivity index (χ3v) is 4.31. The molecule has 0 spiro atoms. The van der Waals surface area contributed by atoms with Crippen LogP contribution in [0.25, 0.3) is 0 Å². The Bertz CT molecular complexity index is 868. The van der Waals surface area contributed by atoms with Gasteiger partial charge in [0.05, 0.1) is 12.8 Å². The highest BCUT2D eigenvalue weighted by Crippen LogP contribution is 2.36. The molecule has 148 valence electrons. The van der Waals surface area contributed by atoms with E-state index in [1.165, 1.54) is 0 Å². The van der Waals surface area contributed by atoms with Crippen molar-refractivity contribution in [3.8, 4) is 17.2 Å². The zero-order valence-corrected chi connectivity index (χ0v) is 16.2. The van der Waals surface area contributed by atoms with Crippen molar-refractivity contribution in [1.82, 2.24) is 0 Å². The number of anilines is 2. The number of carbonyl (C=O) groups is 2. The lowest BCUT2D eigenvalue weighted by Gasteiger charge is -2.33. The molecule has 1 aliphatic rings. The van der Waals surface area contributed by atoms with Crippen molar-refractivity contribution in [3.63, 3.8) is 0 Å². The fraction of sp³-hybridized carbons (Fsp3) is 0.333. The predicted octanol–water partition coefficient (Wildman–Crippen LogP) is 3.24. The van der Waals surface area contributed by atoms with Gasteiger partial charge in [0.15, 0.2) is 12.7 Å². The van der Waals surface area contributed by atoms with E-state index in [9.17, 15) is 9.59 Å². The molecule has 2 aromatic carbocycles. The molecule has 7 nitrogen and oxygen atoms in total. The van der Waals surface area contributed by atoms with E-state index < -0.39 is 6.10 Å². The van der Waals surface area contributed by atoms with Crippen LogP contribution in [-0.4, -0.2) is 38.2 Å². The van der Waals surface area contributed by atoms with E-state index in [2.05, 4.69) is 5.32 Å². The van der Waals surface area contributed by atoms with Crippen LogP contribution < -0.4 is 24.4 Å². The molecule has 28 heavy (non-hydrogen) atoms. The highest BCUT2D eigenvalue weighted by atomic mass is 16.5. The molecular weight excluding hydrogens is 360 g/mol. The van der Waals surface area contributed by atoms with Gasteiger partial charge in [0.2, 0.25) is 0 Å². The van der Waals surface area contributed by atoms with Gasteiger partial charge in [-0.2, -0.15) is 0 Å². The molecule has 1 N–H and O–H groups in total. The number of nitrogens with one attached hydrogen (secondary N) is 1. The second kappa shape index (κ2) is 8.65. The van der Waals surface area contributed by atoms with Crippen molar-refractivity contribution < 1.29 is 23.8 Å². The maximum atomic E-state index is 12.4. The molecule has 0 fully saturated rings. The SMILES string of the molecule is CCCN1C(=O)C(C)Oc2ccc(NC(=O)COc3cccc(OC)c3)cc21. The zero-order valence-electron chi connectivity index (χ0n) is 16.2. The molecule has 1 aliphatic heterocycles. The number of rotatable bonds is 7. The Kier molecular flexibility index (Phi) is 6.03. The first kappa shape index (κ1) is 19.5. The Morgan fingerprint density at radius 3 is 2.75 bits per heavy atom. The van der Waals surface area contributed by atoms with E-state index in [1.54, 1.807) is 61.4 Å². The van der Waals surface area contributed by atoms with Gasteiger partial charge in [-0.15, -0.1) is 0 Å². The minimum atomic E-state index is -0.518. The van der Waals surface area contributed by atoms with Crippen LogP contribution >= 0.6 is 0 Å². The van der Waals surface area contributed by atoms with Gasteiger partial charge in [-0.1, -0.05) is 13.0 Å². The monoisotopic (exact) mass is 384 g/mol. The third-order valence-electron chi connectivity index (χ3n) is 4.31. The van der Waals surface area contributed by atoms with Crippen molar-refractivity contribution in [2.75, 3.05) is 30.5 Å². The summed E-state index contributed by atoms with van der Waals surface area (Å²) in [7, 11) is 1.57. The zero-order chi connectivity index (χ0) is 20.1. The van der Waals surface area contributed by atoms with Crippen molar-refractivity contribution in [1.29, 1.82) is 0 Å². The summed E-state index contributed by atoms with van der Waals surface area (Å²) >= 11 is 0. The largest absolute Gasteiger partial charge is 0.497 e. The summed E-state index contributed by atoms with van der Waals surface area (Å²) in [5.41, 5.74) is 1.24. The van der Waals surface area contributed by atoms with Gasteiger partial charge in [-0.25, -0.2) is 0 Å². The van der Waals surface area contributed by atoms with Crippen LogP contribution in [-0.2, 0) is 9.59 Å². The third kappa shape index (κ3) is 4.36. The summed E-state index contributed by atoms with van der Waals surface area (Å²) in [6, 6.07) is 12.3. The summed E-state index contributed by atoms with van der Waals surface area (Å²) < 4.78 is 16.3. The van der Waals surface area contributed by atoms with Crippen LogP contribution in [0.5, 0.6) is 17.2 Å². The quantitative estimate of drug-likeness (QED) is 0.793. The molecule has 0 radical (unpaired) electrons. The number of ether oxygens (including phenoxy) is 3. The average Bonchev–Trinajstić information content (AvgIpc) is 2.70. The Morgan fingerprint density at radius 2 is 2.00 bits per heavy atom. The van der Waals surface area contributed by atoms with Crippen LogP contribution in [0.4, 0.5) is 11.4 Å². The van der Waals surface area contributed by atoms with E-state index >= 15 is 0 Å². The molecule has 7 heteroatoms. The second-order valence-electron chi connectivity index (χ2n) is 6.45. The van der Waals surface area contributed by atoms with E-state index in [1.807, 2.05) is 6.92 Å². The summed E-state index contributed by atoms with van der Waals surface area (Å²) in [4.78, 5) is 26.4. The van der Waals surface area contributed by atoms with Crippen LogP contribution in [0.1, 0.15) is 20.3 Å². The van der Waals surface area contributed by atoms with Gasteiger partial charge in [-0.3, -0.25) is 9.59 Å². The summed E-state index contributed by atoms with van der Waals surface area (Å²) in [5, 5.41) is 2.79. The summed E-state index contributed by atoms with van der Waals surface area (Å²) in [6.07, 6.45) is 0.304. The lowest BCUT2D eigenvalue weighted by atomic mass is 10.1. The Morgan fingerprint density at radius 1 is 1.21 bits per heavy atom. The smallest absolute Gasteiger partial charge is 0.267 e. The average molecular weight is 384 g/mol. The van der Waals surface area contributed by atoms with Crippen LogP contribution in [0.2, 0.25) is 0 Å². The van der Waals surface area contributed by atoms with E-state index in [4.69, 9.17) is 14.2 Å². The molecule has 0 aromatic heterocycles. The van der Waals surface area contributed by atoms with Crippen molar-refractivity contribution in [3.05, 3.63) is 42.5 Å². The second-order valence-corrected chi connectivity index (χ2v) is 6.45. The lowest BCUT2D eigenvalue weighted by molar-refractivity contribution is -0.125. The first-order valence-corrected chi connectivity index (χ1v) is 9.20. The van der Waals surface area contributed by atoms with Crippen molar-refractivity contribution >= 4 is 23.2 Å². The lowest BCUT2D eigenvalue weighted by Crippen LogP contribution is -2.44. The van der Waals surface area contributed by atoms with E-state index in [0.717, 1.165) is 6.42 Å². The Balaban J connectivity index is 1.67. The Labute approximate surface area is 164 Å². The Hall–Kier alpha value is -3.22. The molecule has 0 aliphatic carbocycles. The van der Waals surface area contributed by atoms with Crippen molar-refractivity contribution in [2.24, 2.45) is 0 Å². The summed E-state index contributed by atoms with van der Waals surface area (Å²) in [5.74, 6) is 1.44. The number of amides is 2. The standard InChI is InChI=1S/C21H24N2O5/c1-4-10-23-18-11-15(8-9-19(18)28-14(2)21(23)25)22-20(24)13-27-17-7-5-6-16(12-17)26-3/h5-9,11-12,14H,4,10,13H2,1-3H3,(H,22,24). The molecule has 0 bridgehead atoms. The molecule has 1 unspecified atom stereocenters. The highest BCUT2D eigenvalue weighted by molar-refractivity contribution is 6.01. The van der Waals surface area contributed by atoms with Crippen LogP contribution in [0, 0.1) is 0 Å². The topological polar surface area (TPSA) is 77.1 Å². The van der Waals surface area contributed by atoms with Gasteiger partial charge < -0.3 is 24.4 Å². The molecule has 2 amide bonds. The molecule has 1 atom stereocenters. The van der Waals surface area contributed by atoms with Gasteiger partial charge >= 0.3 is 0 Å². The van der Waals surface area contributed by atoms with Gasteiger partial charge in [0.1, 0.15) is 17.2 Å². The normalized spacial score (nSPS) is 15.5. The van der Waals surface area contributed by atoms with Crippen LogP contribution in [0.3, 0.4) is 0 Å². The maximum absolute atomic E-state index is 12.4. The molecule has 0 saturated carbocycles. The van der Waals surface area contributed by atoms with Gasteiger partial charge in [0, 0.05) is 18.3 Å². The number of benzene rings is 2. The molecule has 1 heterocycles. The fourth-order valence-electron chi connectivity index (χ4n) is 2.98. The van der Waals surface area contributed by atoms with E-state index in [-0.39, 0.29) is 18.4 Å². The molecule has 0 saturated heterocycles. The highest BCUT2D eigenvalue weighted by Gasteiger charge is 2.31. The molecule has 3 rings (SSSR count). The first-order valence-electron chi connectivity index (χ1n) is 9.20. The van der Waals surface area contributed by atoms with E-state index in [0.29, 0.717) is 35.2 Å². The number of fused-ring (bicyclic) bond motifs is 1. The number of carbonyl (C=O) groups excluding carboxylic acids is 2. The maximum Gasteiger partial charge on any atom is 0.267 e. The minimum absolute atomic E-state index is 0.0841. The number of methoxy groups -OCH3 is 1.